The van der Waals surface area contributed by atoms with Crippen LogP contribution in [0.4, 0.5) is 0 Å². The number of nitrogens with two attached hydrogens (primary N) is 3. The third-order valence-corrected chi connectivity index (χ3v) is 7.73. The van der Waals surface area contributed by atoms with Crippen molar-refractivity contribution in [3.05, 3.63) is 24.3 Å². The zero-order valence-corrected chi connectivity index (χ0v) is 29.7. The summed E-state index contributed by atoms with van der Waals surface area (Å²) in [7, 11) is 0. The Morgan fingerprint density at radius 1 is 0.660 bits per heavy atom. The minimum Gasteiger partial charge on any atom is -0.368 e. The van der Waals surface area contributed by atoms with Gasteiger partial charge >= 0.3 is 0 Å². The van der Waals surface area contributed by atoms with E-state index in [1.165, 1.54) is 18.6 Å². The van der Waals surface area contributed by atoms with Gasteiger partial charge in [0.1, 0.15) is 12.1 Å². The smallest absolute Gasteiger partial charge is 0.244 e. The Labute approximate surface area is 283 Å². The molecule has 0 saturated heterocycles. The molecule has 0 aromatic carbocycles. The molecule has 0 bridgehead atoms. The third-order valence-electron chi connectivity index (χ3n) is 7.73. The Kier molecular flexibility index (Phi) is 24.9. The van der Waals surface area contributed by atoms with Gasteiger partial charge in [0.05, 0.1) is 0 Å². The molecule has 0 saturated carbocycles. The van der Waals surface area contributed by atoms with Crippen molar-refractivity contribution >= 4 is 29.5 Å². The second kappa shape index (κ2) is 26.8. The third kappa shape index (κ3) is 22.8. The minimum atomic E-state index is -0.828. The van der Waals surface area contributed by atoms with Crippen LogP contribution in [0.2, 0.25) is 0 Å². The van der Waals surface area contributed by atoms with E-state index in [2.05, 4.69) is 42.0 Å². The van der Waals surface area contributed by atoms with Gasteiger partial charge in [0.25, 0.3) is 0 Å². The zero-order chi connectivity index (χ0) is 35.6. The van der Waals surface area contributed by atoms with Gasteiger partial charge in [-0.05, 0) is 76.3 Å². The Bertz CT molecular complexity index is 983. The second-order valence-electron chi connectivity index (χ2n) is 13.1. The molecule has 0 spiro atoms. The first kappa shape index (κ1) is 43.8. The summed E-state index contributed by atoms with van der Waals surface area (Å²) in [4.78, 5) is 63.3. The number of carbonyl (C=O) groups is 5. The molecule has 0 heterocycles. The molecule has 0 aliphatic carbocycles. The SMILES string of the molecule is CCCCCCCC(=O)N[C@H](/C=C/C(=O)N[C@@H](CCCCN)C(=O)N[C@H](/C=C/C(=O)N[C@@H](CCCCN)C(N)=O)C(C)C)CC(C)C. The zero-order valence-electron chi connectivity index (χ0n) is 29.7. The van der Waals surface area contributed by atoms with Crippen LogP contribution in [-0.4, -0.2) is 66.8 Å². The molecule has 0 unspecified atom stereocenters. The van der Waals surface area contributed by atoms with Crippen molar-refractivity contribution in [1.29, 1.82) is 0 Å². The predicted octanol–water partition coefficient (Wildman–Crippen LogP) is 2.84. The Hall–Kier alpha value is -3.25. The average molecular weight is 664 g/mol. The van der Waals surface area contributed by atoms with Crippen LogP contribution >= 0.6 is 0 Å². The molecular weight excluding hydrogens is 598 g/mol. The molecule has 4 atom stereocenters. The largest absolute Gasteiger partial charge is 0.368 e. The number of rotatable bonds is 27. The van der Waals surface area contributed by atoms with Crippen LogP contribution in [0.25, 0.3) is 0 Å². The lowest BCUT2D eigenvalue weighted by molar-refractivity contribution is -0.127. The first-order valence-corrected chi connectivity index (χ1v) is 17.6. The summed E-state index contributed by atoms with van der Waals surface area (Å²) >= 11 is 0. The van der Waals surface area contributed by atoms with E-state index in [0.717, 1.165) is 25.7 Å². The lowest BCUT2D eigenvalue weighted by atomic mass is 10.0. The quantitative estimate of drug-likeness (QED) is 0.0515. The van der Waals surface area contributed by atoms with Gasteiger partial charge in [-0.2, -0.15) is 0 Å². The van der Waals surface area contributed by atoms with Crippen molar-refractivity contribution < 1.29 is 24.0 Å². The van der Waals surface area contributed by atoms with Gasteiger partial charge < -0.3 is 38.5 Å². The monoisotopic (exact) mass is 664 g/mol. The van der Waals surface area contributed by atoms with Crippen molar-refractivity contribution in [3.63, 3.8) is 0 Å². The molecule has 12 heteroatoms. The van der Waals surface area contributed by atoms with Crippen molar-refractivity contribution in [3.8, 4) is 0 Å². The summed E-state index contributed by atoms with van der Waals surface area (Å²) in [6, 6.07) is -2.46. The van der Waals surface area contributed by atoms with Crippen LogP contribution in [-0.2, 0) is 24.0 Å². The molecule has 0 aliphatic heterocycles. The van der Waals surface area contributed by atoms with E-state index >= 15 is 0 Å². The summed E-state index contributed by atoms with van der Waals surface area (Å²) in [6.45, 7) is 11.0. The summed E-state index contributed by atoms with van der Waals surface area (Å²) in [5.74, 6) is -1.77. The molecule has 12 nitrogen and oxygen atoms in total. The Morgan fingerprint density at radius 2 is 1.21 bits per heavy atom. The van der Waals surface area contributed by atoms with E-state index in [9.17, 15) is 24.0 Å². The molecule has 270 valence electrons. The van der Waals surface area contributed by atoms with Gasteiger partial charge in [-0.1, -0.05) is 72.5 Å². The van der Waals surface area contributed by atoms with Gasteiger partial charge in [0.2, 0.25) is 29.5 Å². The van der Waals surface area contributed by atoms with Crippen LogP contribution in [0.3, 0.4) is 0 Å². The fraction of sp³-hybridized carbons (Fsp3) is 0.743. The van der Waals surface area contributed by atoms with Crippen LogP contribution in [0.15, 0.2) is 24.3 Å². The van der Waals surface area contributed by atoms with E-state index in [4.69, 9.17) is 17.2 Å². The van der Waals surface area contributed by atoms with E-state index in [1.54, 1.807) is 12.2 Å². The molecule has 0 fully saturated rings. The van der Waals surface area contributed by atoms with Crippen molar-refractivity contribution in [2.24, 2.45) is 29.0 Å². The molecule has 47 heavy (non-hydrogen) atoms. The molecule has 0 radical (unpaired) electrons. The molecule has 0 aromatic rings. The normalized spacial score (nSPS) is 14.2. The maximum absolute atomic E-state index is 13.4. The molecule has 0 rings (SSSR count). The van der Waals surface area contributed by atoms with Crippen molar-refractivity contribution in [1.82, 2.24) is 21.3 Å². The number of carbonyl (C=O) groups excluding carboxylic acids is 5. The summed E-state index contributed by atoms with van der Waals surface area (Å²) in [5, 5.41) is 11.4. The highest BCUT2D eigenvalue weighted by molar-refractivity contribution is 5.94. The number of hydrogen-bond donors (Lipinski definition) is 7. The van der Waals surface area contributed by atoms with E-state index in [0.29, 0.717) is 70.4 Å². The summed E-state index contributed by atoms with van der Waals surface area (Å²) in [5.41, 5.74) is 16.6. The number of nitrogens with one attached hydrogen (secondary N) is 4. The molecule has 0 aromatic heterocycles. The highest BCUT2D eigenvalue weighted by atomic mass is 16.2. The summed E-state index contributed by atoms with van der Waals surface area (Å²) < 4.78 is 0. The van der Waals surface area contributed by atoms with Gasteiger partial charge in [-0.15, -0.1) is 0 Å². The number of hydrogen-bond acceptors (Lipinski definition) is 7. The fourth-order valence-corrected chi connectivity index (χ4v) is 4.94. The van der Waals surface area contributed by atoms with Crippen LogP contribution in [0, 0.1) is 11.8 Å². The number of amides is 5. The standard InChI is InChI=1S/C35H65N7O5/c1-6-7-8-9-10-17-31(43)39-27(24-25(2)3)18-20-32(44)41-30(16-12-14-23-37)35(47)42-28(26(4)5)19-21-33(45)40-29(34(38)46)15-11-13-22-36/h18-21,25-30H,6-17,22-24,36-37H2,1-5H3,(H2,38,46)(H,39,43)(H,40,45)(H,41,44)(H,42,47)/b20-18+,21-19+/t27-,28-,29+,30+/m1/s1. The van der Waals surface area contributed by atoms with Crippen molar-refractivity contribution in [2.75, 3.05) is 13.1 Å². The first-order valence-electron chi connectivity index (χ1n) is 17.6. The van der Waals surface area contributed by atoms with E-state index in [1.807, 2.05) is 13.8 Å². The maximum Gasteiger partial charge on any atom is 0.244 e. The molecule has 0 aliphatic rings. The van der Waals surface area contributed by atoms with Crippen LogP contribution < -0.4 is 38.5 Å². The molecule has 10 N–H and O–H groups in total. The first-order chi connectivity index (χ1) is 22.3. The van der Waals surface area contributed by atoms with Gasteiger partial charge in [0.15, 0.2) is 0 Å². The molecule has 5 amide bonds. The van der Waals surface area contributed by atoms with Crippen LogP contribution in [0.1, 0.15) is 118 Å². The maximum atomic E-state index is 13.4. The average Bonchev–Trinajstić information content (AvgIpc) is 3.00. The fourth-order valence-electron chi connectivity index (χ4n) is 4.94. The topological polar surface area (TPSA) is 212 Å². The second-order valence-corrected chi connectivity index (χ2v) is 13.1. The van der Waals surface area contributed by atoms with Gasteiger partial charge in [-0.3, -0.25) is 24.0 Å². The lowest BCUT2D eigenvalue weighted by Gasteiger charge is -2.24. The van der Waals surface area contributed by atoms with E-state index < -0.39 is 35.8 Å². The van der Waals surface area contributed by atoms with Gasteiger partial charge in [0, 0.05) is 30.7 Å². The number of primary amides is 1. The molecular formula is C35H65N7O5. The predicted molar refractivity (Wildman–Crippen MR) is 189 cm³/mol. The van der Waals surface area contributed by atoms with Crippen LogP contribution in [0.5, 0.6) is 0 Å². The lowest BCUT2D eigenvalue weighted by Crippen LogP contribution is -2.50. The highest BCUT2D eigenvalue weighted by Gasteiger charge is 2.24. The Morgan fingerprint density at radius 3 is 1.74 bits per heavy atom. The summed E-state index contributed by atoms with van der Waals surface area (Å²) in [6.07, 6.45) is 15.8. The van der Waals surface area contributed by atoms with E-state index in [-0.39, 0.29) is 23.8 Å². The Balaban J connectivity index is 5.47. The van der Waals surface area contributed by atoms with Crippen molar-refractivity contribution in [2.45, 2.75) is 142 Å². The van der Waals surface area contributed by atoms with Gasteiger partial charge in [-0.25, -0.2) is 0 Å². The highest BCUT2D eigenvalue weighted by Crippen LogP contribution is 2.10. The number of unbranched alkanes of at least 4 members (excludes halogenated alkanes) is 6. The minimum absolute atomic E-state index is 0.0329.